The molecule has 4 heterocycles. The van der Waals surface area contributed by atoms with Crippen LogP contribution in [0.3, 0.4) is 0 Å². The van der Waals surface area contributed by atoms with Crippen LogP contribution in [0, 0.1) is 29.1 Å². The van der Waals surface area contributed by atoms with Gasteiger partial charge in [-0.3, -0.25) is 9.69 Å². The second kappa shape index (κ2) is 9.85. The van der Waals surface area contributed by atoms with Crippen molar-refractivity contribution >= 4 is 29.0 Å². The summed E-state index contributed by atoms with van der Waals surface area (Å²) < 4.78 is 46.8. The van der Waals surface area contributed by atoms with E-state index in [-0.39, 0.29) is 46.8 Å². The molecular formula is C24H25F3N6O2S. The minimum Gasteiger partial charge on any atom is -0.375 e. The van der Waals surface area contributed by atoms with E-state index in [1.54, 1.807) is 18.2 Å². The molecule has 2 aliphatic heterocycles. The van der Waals surface area contributed by atoms with Gasteiger partial charge in [0.1, 0.15) is 11.5 Å². The minimum atomic E-state index is -4.50. The first-order chi connectivity index (χ1) is 17.3. The van der Waals surface area contributed by atoms with Crippen LogP contribution in [0.15, 0.2) is 23.1 Å². The number of nitriles is 1. The van der Waals surface area contributed by atoms with Crippen LogP contribution in [0.25, 0.3) is 5.52 Å². The SMILES string of the molecule is N#CC1(N2CCC(Nc3cccc4c(SC(F)(F)F)c(C#CCNC(=O)C5CC5)nn34)CC2)COC1. The number of fused-ring (bicyclic) bond motifs is 1. The summed E-state index contributed by atoms with van der Waals surface area (Å²) in [7, 11) is 0. The van der Waals surface area contributed by atoms with Crippen LogP contribution in [-0.4, -0.2) is 70.4 Å². The summed E-state index contributed by atoms with van der Waals surface area (Å²) in [5, 5.41) is 20.0. The van der Waals surface area contributed by atoms with E-state index in [1.165, 1.54) is 4.52 Å². The molecule has 0 unspecified atom stereocenters. The van der Waals surface area contributed by atoms with Gasteiger partial charge in [0.05, 0.1) is 36.2 Å². The molecule has 5 rings (SSSR count). The molecule has 2 N–H and O–H groups in total. The van der Waals surface area contributed by atoms with Crippen molar-refractivity contribution in [3.63, 3.8) is 0 Å². The maximum atomic E-state index is 13.4. The summed E-state index contributed by atoms with van der Waals surface area (Å²) in [5.41, 5.74) is -4.72. The van der Waals surface area contributed by atoms with Gasteiger partial charge in [0.15, 0.2) is 5.54 Å². The molecule has 8 nitrogen and oxygen atoms in total. The van der Waals surface area contributed by atoms with Gasteiger partial charge in [0.25, 0.3) is 0 Å². The third-order valence-electron chi connectivity index (χ3n) is 6.68. The highest BCUT2D eigenvalue weighted by Gasteiger charge is 2.45. The van der Waals surface area contributed by atoms with Crippen molar-refractivity contribution < 1.29 is 22.7 Å². The first-order valence-electron chi connectivity index (χ1n) is 11.8. The number of aromatic nitrogens is 2. The highest BCUT2D eigenvalue weighted by molar-refractivity contribution is 8.00. The van der Waals surface area contributed by atoms with Crippen LogP contribution in [0.1, 0.15) is 31.4 Å². The first kappa shape index (κ1) is 24.8. The third-order valence-corrected chi connectivity index (χ3v) is 7.52. The lowest BCUT2D eigenvalue weighted by molar-refractivity contribution is -0.122. The Morgan fingerprint density at radius 1 is 1.25 bits per heavy atom. The molecule has 2 aromatic heterocycles. The molecule has 12 heteroatoms. The van der Waals surface area contributed by atoms with Crippen LogP contribution < -0.4 is 10.6 Å². The van der Waals surface area contributed by atoms with E-state index >= 15 is 0 Å². The van der Waals surface area contributed by atoms with Gasteiger partial charge in [0.2, 0.25) is 5.91 Å². The number of halogens is 3. The number of piperidine rings is 1. The predicted octanol–water partition coefficient (Wildman–Crippen LogP) is 2.99. The Kier molecular flexibility index (Phi) is 6.77. The highest BCUT2D eigenvalue weighted by atomic mass is 32.2. The number of carbonyl (C=O) groups is 1. The molecule has 36 heavy (non-hydrogen) atoms. The number of carbonyl (C=O) groups excluding carboxylic acids is 1. The van der Waals surface area contributed by atoms with Gasteiger partial charge in [0, 0.05) is 25.0 Å². The summed E-state index contributed by atoms with van der Waals surface area (Å²) in [6, 6.07) is 7.51. The number of ether oxygens (including phenoxy) is 1. The molecule has 0 aromatic carbocycles. The van der Waals surface area contributed by atoms with Gasteiger partial charge in [-0.15, -0.1) is 0 Å². The van der Waals surface area contributed by atoms with E-state index in [2.05, 4.69) is 38.5 Å². The Morgan fingerprint density at radius 2 is 2.00 bits per heavy atom. The van der Waals surface area contributed by atoms with Gasteiger partial charge < -0.3 is 15.4 Å². The Balaban J connectivity index is 1.33. The Labute approximate surface area is 210 Å². The second-order valence-corrected chi connectivity index (χ2v) is 10.3. The number of likely N-dealkylation sites (tertiary alicyclic amines) is 1. The van der Waals surface area contributed by atoms with Crippen molar-refractivity contribution in [2.24, 2.45) is 5.92 Å². The summed E-state index contributed by atoms with van der Waals surface area (Å²) in [5.74, 6) is 5.99. The van der Waals surface area contributed by atoms with Crippen molar-refractivity contribution in [1.29, 1.82) is 5.26 Å². The van der Waals surface area contributed by atoms with Gasteiger partial charge in [-0.05, 0) is 55.5 Å². The molecule has 1 aliphatic carbocycles. The van der Waals surface area contributed by atoms with E-state index in [1.807, 2.05) is 0 Å². The number of pyridine rings is 1. The van der Waals surface area contributed by atoms with E-state index in [4.69, 9.17) is 4.74 Å². The molecule has 2 saturated heterocycles. The smallest absolute Gasteiger partial charge is 0.375 e. The van der Waals surface area contributed by atoms with Gasteiger partial charge in [-0.25, -0.2) is 4.52 Å². The molecule has 3 aliphatic rings. The Hall–Kier alpha value is -2.93. The lowest BCUT2D eigenvalue weighted by Gasteiger charge is -2.47. The number of hydrogen-bond acceptors (Lipinski definition) is 7. The molecule has 1 saturated carbocycles. The number of thioether (sulfide) groups is 1. The van der Waals surface area contributed by atoms with Crippen molar-refractivity contribution in [3.05, 3.63) is 23.9 Å². The Bertz CT molecular complexity index is 1240. The number of anilines is 1. The topological polar surface area (TPSA) is 94.7 Å². The van der Waals surface area contributed by atoms with Crippen LogP contribution in [0.4, 0.5) is 19.0 Å². The summed E-state index contributed by atoms with van der Waals surface area (Å²) in [6.07, 6.45) is 3.28. The molecule has 0 atom stereocenters. The van der Waals surface area contributed by atoms with Gasteiger partial charge >= 0.3 is 5.51 Å². The molecular weight excluding hydrogens is 493 g/mol. The van der Waals surface area contributed by atoms with E-state index < -0.39 is 11.0 Å². The van der Waals surface area contributed by atoms with E-state index in [9.17, 15) is 23.2 Å². The van der Waals surface area contributed by atoms with E-state index in [0.717, 1.165) is 38.8 Å². The van der Waals surface area contributed by atoms with Crippen molar-refractivity contribution in [1.82, 2.24) is 19.8 Å². The highest BCUT2D eigenvalue weighted by Crippen LogP contribution is 2.41. The quantitative estimate of drug-likeness (QED) is 0.449. The summed E-state index contributed by atoms with van der Waals surface area (Å²) in [4.78, 5) is 13.9. The number of amides is 1. The normalized spacial score (nSPS) is 20.2. The van der Waals surface area contributed by atoms with Gasteiger partial charge in [-0.1, -0.05) is 12.0 Å². The number of rotatable bonds is 6. The standard InChI is InChI=1S/C24H25F3N6O2S/c25-24(26,27)36-21-18(3-2-10-29-22(34)16-6-7-16)31-33-19(21)4-1-5-20(33)30-17-8-11-32(12-9-17)23(13-28)14-35-15-23/h1,4-5,16-17,30H,6-12,14-15H2,(H,29,34). The number of nitrogens with one attached hydrogen (secondary N) is 2. The lowest BCUT2D eigenvalue weighted by atomic mass is 9.92. The number of alkyl halides is 3. The maximum Gasteiger partial charge on any atom is 0.446 e. The summed E-state index contributed by atoms with van der Waals surface area (Å²) in [6.45, 7) is 2.34. The fraction of sp³-hybridized carbons (Fsp3) is 0.542. The summed E-state index contributed by atoms with van der Waals surface area (Å²) >= 11 is -0.238. The fourth-order valence-corrected chi connectivity index (χ4v) is 5.16. The van der Waals surface area contributed by atoms with Crippen molar-refractivity contribution in [3.8, 4) is 17.9 Å². The van der Waals surface area contributed by atoms with Crippen molar-refractivity contribution in [2.45, 2.75) is 47.7 Å². The number of hydrogen-bond donors (Lipinski definition) is 2. The van der Waals surface area contributed by atoms with Crippen LogP contribution >= 0.6 is 11.8 Å². The van der Waals surface area contributed by atoms with Crippen LogP contribution in [0.2, 0.25) is 0 Å². The molecule has 0 spiro atoms. The molecule has 2 aromatic rings. The molecule has 0 radical (unpaired) electrons. The molecule has 3 fully saturated rings. The predicted molar refractivity (Wildman–Crippen MR) is 127 cm³/mol. The number of nitrogens with zero attached hydrogens (tertiary/aromatic N) is 4. The van der Waals surface area contributed by atoms with E-state index in [0.29, 0.717) is 24.5 Å². The third kappa shape index (κ3) is 5.26. The molecule has 1 amide bonds. The zero-order chi connectivity index (χ0) is 25.3. The van der Waals surface area contributed by atoms with Crippen LogP contribution in [0.5, 0.6) is 0 Å². The lowest BCUT2D eigenvalue weighted by Crippen LogP contribution is -2.63. The Morgan fingerprint density at radius 3 is 2.61 bits per heavy atom. The molecule has 190 valence electrons. The monoisotopic (exact) mass is 518 g/mol. The van der Waals surface area contributed by atoms with Crippen LogP contribution in [-0.2, 0) is 9.53 Å². The second-order valence-electron chi connectivity index (χ2n) is 9.27. The largest absolute Gasteiger partial charge is 0.446 e. The van der Waals surface area contributed by atoms with Gasteiger partial charge in [-0.2, -0.15) is 23.5 Å². The fourth-order valence-electron chi connectivity index (χ4n) is 4.48. The zero-order valence-electron chi connectivity index (χ0n) is 19.4. The average Bonchev–Trinajstić information content (AvgIpc) is 3.61. The minimum absolute atomic E-state index is 0.0167. The average molecular weight is 519 g/mol. The van der Waals surface area contributed by atoms with Crippen molar-refractivity contribution in [2.75, 3.05) is 38.2 Å². The molecule has 0 bridgehead atoms. The zero-order valence-corrected chi connectivity index (χ0v) is 20.2. The first-order valence-corrected chi connectivity index (χ1v) is 12.6. The maximum absolute atomic E-state index is 13.4.